The molecule has 0 amide bonds. The van der Waals surface area contributed by atoms with Gasteiger partial charge in [0.25, 0.3) is 30.1 Å². The molecule has 484 valence electrons. The predicted octanol–water partition coefficient (Wildman–Crippen LogP) is 15.5. The number of hydrogen-bond acceptors (Lipinski definition) is 11. The number of para-hydroxylation sites is 3. The smallest absolute Gasteiger partial charge is 0.305 e. The van der Waals surface area contributed by atoms with Crippen molar-refractivity contribution in [3.63, 3.8) is 0 Å². The van der Waals surface area contributed by atoms with Gasteiger partial charge in [-0.3, -0.25) is 17.7 Å². The summed E-state index contributed by atoms with van der Waals surface area (Å²) in [6.07, 6.45) is 21.7. The van der Waals surface area contributed by atoms with Crippen LogP contribution in [0.2, 0.25) is 0 Å². The maximum Gasteiger partial charge on any atom is 0.305 e. The van der Waals surface area contributed by atoms with Gasteiger partial charge in [0.05, 0.1) is 56.5 Å². The van der Waals surface area contributed by atoms with Crippen LogP contribution in [0.1, 0.15) is 211 Å². The van der Waals surface area contributed by atoms with E-state index in [1.165, 1.54) is 77.1 Å². The molecule has 0 bridgehead atoms. The molecule has 0 fully saturated rings. The Kier molecular flexibility index (Phi) is 26.8. The van der Waals surface area contributed by atoms with E-state index in [9.17, 15) is 30.0 Å². The van der Waals surface area contributed by atoms with Gasteiger partial charge in [-0.2, -0.15) is 0 Å². The van der Waals surface area contributed by atoms with E-state index < -0.39 is 30.1 Å². The van der Waals surface area contributed by atoms with Crippen LogP contribution in [0, 0.1) is 20.8 Å². The van der Waals surface area contributed by atoms with Crippen molar-refractivity contribution >= 4 is 53.1 Å². The molecule has 0 spiro atoms. The fraction of sp³-hybridized carbons (Fsp3) is 0.486. The minimum Gasteiger partial charge on any atom is -0.466 e. The van der Waals surface area contributed by atoms with Gasteiger partial charge in [-0.25, -0.2) is 25.3 Å². The molecule has 9 rings (SSSR count). The molecule has 89 heavy (non-hydrogen) atoms. The van der Waals surface area contributed by atoms with Crippen LogP contribution in [0.5, 0.6) is 0 Å². The van der Waals surface area contributed by atoms with Gasteiger partial charge in [0.15, 0.2) is 0 Å². The van der Waals surface area contributed by atoms with Crippen molar-refractivity contribution < 1.29 is 34.8 Å². The van der Waals surface area contributed by atoms with Crippen molar-refractivity contribution in [1.82, 2.24) is 16.0 Å². The lowest BCUT2D eigenvalue weighted by Crippen LogP contribution is -2.26. The Morgan fingerprint density at radius 1 is 0.382 bits per heavy atom. The maximum atomic E-state index is 13.3. The molecule has 3 N–H and O–H groups in total. The zero-order chi connectivity index (χ0) is 64.1. The SMILES string of the molecule is CCCCCCCCNC1c2ccccc2N(C)S(=O)(=O)c2cc(C)ccc21.CCCCCCCCNC1c2ccccc2N(C)S(=O)(=O)c2cc(C)ccc21.CCOC(=O)CCCCCCCCNC1c2ccccc2N(C)S(=O)(=O)c2cc(C)ccc21. The molecule has 0 aromatic heterocycles. The highest BCUT2D eigenvalue weighted by atomic mass is 32.2. The summed E-state index contributed by atoms with van der Waals surface area (Å²) in [5.41, 5.74) is 10.5. The lowest BCUT2D eigenvalue weighted by molar-refractivity contribution is -0.143. The average molecular weight is 1270 g/mol. The first kappa shape index (κ1) is 70.4. The summed E-state index contributed by atoms with van der Waals surface area (Å²) >= 11 is 0. The highest BCUT2D eigenvalue weighted by Gasteiger charge is 2.38. The van der Waals surface area contributed by atoms with Gasteiger partial charge >= 0.3 is 5.97 Å². The first-order valence-electron chi connectivity index (χ1n) is 32.7. The molecule has 3 atom stereocenters. The monoisotopic (exact) mass is 1270 g/mol. The Morgan fingerprint density at radius 2 is 0.663 bits per heavy atom. The number of carbonyl (C=O) groups excluding carboxylic acids is 1. The third-order valence-electron chi connectivity index (χ3n) is 17.3. The van der Waals surface area contributed by atoms with E-state index in [2.05, 4.69) is 29.8 Å². The fourth-order valence-electron chi connectivity index (χ4n) is 12.2. The van der Waals surface area contributed by atoms with E-state index in [0.717, 1.165) is 132 Å². The lowest BCUT2D eigenvalue weighted by atomic mass is 9.96. The largest absolute Gasteiger partial charge is 0.466 e. The number of fused-ring (bicyclic) bond motifs is 6. The second-order valence-corrected chi connectivity index (χ2v) is 29.9. The second-order valence-electron chi connectivity index (χ2n) is 24.1. The second kappa shape index (κ2) is 33.8. The van der Waals surface area contributed by atoms with Crippen molar-refractivity contribution in [2.45, 2.75) is 196 Å². The zero-order valence-corrected chi connectivity index (χ0v) is 56.9. The van der Waals surface area contributed by atoms with Crippen LogP contribution in [0.25, 0.3) is 0 Å². The van der Waals surface area contributed by atoms with Crippen LogP contribution in [-0.4, -0.2) is 78.6 Å². The summed E-state index contributed by atoms with van der Waals surface area (Å²) in [7, 11) is -5.85. The van der Waals surface area contributed by atoms with Gasteiger partial charge in [-0.15, -0.1) is 0 Å². The standard InChI is InChI=1S/C26H36N2O4S.2C23H32N2O2S/c1-4-32-25(29)15-9-7-5-6-8-12-18-27-26-21-13-10-11-14-23(21)28(3)33(30,31)24-19-20(2)16-17-22(24)26;2*1-4-5-6-7-8-11-16-24-23-19-12-9-10-13-21(19)25(3)28(26,27)22-17-18(2)14-15-20(22)23/h10-11,13-14,16-17,19,26-27H,4-9,12,15,18H2,1-3H3;2*9-10,12-15,17,23-24H,4-8,11,16H2,1-3H3. The van der Waals surface area contributed by atoms with Gasteiger partial charge in [-0.1, -0.05) is 195 Å². The fourth-order valence-corrected chi connectivity index (χ4v) is 16.9. The first-order valence-corrected chi connectivity index (χ1v) is 37.0. The topological polar surface area (TPSA) is 175 Å². The van der Waals surface area contributed by atoms with E-state index in [1.807, 2.05) is 137 Å². The van der Waals surface area contributed by atoms with E-state index in [-0.39, 0.29) is 24.1 Å². The molecule has 3 unspecified atom stereocenters. The first-order chi connectivity index (χ1) is 42.8. The third-order valence-corrected chi connectivity index (χ3v) is 22.8. The summed E-state index contributed by atoms with van der Waals surface area (Å²) < 4.78 is 88.9. The number of hydrogen-bond donors (Lipinski definition) is 3. The molecule has 6 aromatic rings. The molecule has 14 nitrogen and oxygen atoms in total. The molecule has 3 aliphatic rings. The minimum atomic E-state index is -3.62. The van der Waals surface area contributed by atoms with E-state index in [4.69, 9.17) is 4.74 Å². The Balaban J connectivity index is 0.000000191. The van der Waals surface area contributed by atoms with Gasteiger partial charge in [0.1, 0.15) is 0 Å². The van der Waals surface area contributed by atoms with E-state index in [0.29, 0.717) is 33.4 Å². The summed E-state index contributed by atoms with van der Waals surface area (Å²) in [5.74, 6) is -0.103. The normalized spacial score (nSPS) is 17.3. The van der Waals surface area contributed by atoms with Crippen LogP contribution in [0.3, 0.4) is 0 Å². The number of aryl methyl sites for hydroxylation is 3. The third kappa shape index (κ3) is 17.9. The minimum absolute atomic E-state index is 0.103. The summed E-state index contributed by atoms with van der Waals surface area (Å²) in [6, 6.07) is 40.2. The van der Waals surface area contributed by atoms with Crippen LogP contribution < -0.4 is 28.9 Å². The highest BCUT2D eigenvalue weighted by Crippen LogP contribution is 2.43. The number of rotatable bonds is 27. The number of unbranched alkanes of at least 4 members (excludes halogenated alkanes) is 15. The van der Waals surface area contributed by atoms with Gasteiger partial charge < -0.3 is 20.7 Å². The number of esters is 1. The molecular formula is C72H100N6O8S3. The van der Waals surface area contributed by atoms with E-state index in [1.54, 1.807) is 39.3 Å². The Morgan fingerprint density at radius 3 is 0.966 bits per heavy atom. The van der Waals surface area contributed by atoms with Crippen LogP contribution in [0.4, 0.5) is 17.1 Å². The molecule has 3 aliphatic heterocycles. The number of benzene rings is 6. The highest BCUT2D eigenvalue weighted by molar-refractivity contribution is 7.93. The molecule has 3 heterocycles. The molecular weight excluding hydrogens is 1170 g/mol. The van der Waals surface area contributed by atoms with Gasteiger partial charge in [0, 0.05) is 27.6 Å². The maximum absolute atomic E-state index is 13.3. The molecule has 0 radical (unpaired) electrons. The Labute approximate surface area is 534 Å². The summed E-state index contributed by atoms with van der Waals surface area (Å²) in [6.45, 7) is 15.1. The van der Waals surface area contributed by atoms with Crippen molar-refractivity contribution in [2.24, 2.45) is 0 Å². The molecule has 6 aromatic carbocycles. The number of nitrogens with zero attached hydrogens (tertiary/aromatic N) is 3. The Bertz CT molecular complexity index is 3460. The zero-order valence-electron chi connectivity index (χ0n) is 54.5. The Hall–Kier alpha value is -6.08. The summed E-state index contributed by atoms with van der Waals surface area (Å²) in [5, 5.41) is 10.9. The predicted molar refractivity (Wildman–Crippen MR) is 365 cm³/mol. The average Bonchev–Trinajstić information content (AvgIpc) is 1.69. The van der Waals surface area contributed by atoms with Crippen molar-refractivity contribution in [3.05, 3.63) is 177 Å². The number of sulfonamides is 3. The lowest BCUT2D eigenvalue weighted by Gasteiger charge is -2.22. The molecule has 0 saturated heterocycles. The molecule has 0 saturated carbocycles. The van der Waals surface area contributed by atoms with Crippen LogP contribution in [-0.2, 0) is 39.6 Å². The van der Waals surface area contributed by atoms with Gasteiger partial charge in [0.2, 0.25) is 0 Å². The van der Waals surface area contributed by atoms with Crippen molar-refractivity contribution in [1.29, 1.82) is 0 Å². The van der Waals surface area contributed by atoms with Gasteiger partial charge in [-0.05, 0) is 159 Å². The molecule has 17 heteroatoms. The number of carbonyl (C=O) groups is 1. The van der Waals surface area contributed by atoms with Crippen LogP contribution in [0.15, 0.2) is 142 Å². The molecule has 0 aliphatic carbocycles. The number of nitrogens with one attached hydrogen (secondary N) is 3. The number of anilines is 3. The van der Waals surface area contributed by atoms with Crippen molar-refractivity contribution in [3.8, 4) is 0 Å². The van der Waals surface area contributed by atoms with E-state index >= 15 is 0 Å². The number of ether oxygens (including phenoxy) is 1. The quantitative estimate of drug-likeness (QED) is 0.0331. The van der Waals surface area contributed by atoms with Crippen molar-refractivity contribution in [2.75, 3.05) is 60.3 Å². The van der Waals surface area contributed by atoms with Crippen LogP contribution >= 0.6 is 0 Å². The summed E-state index contributed by atoms with van der Waals surface area (Å²) in [4.78, 5) is 12.6.